The zero-order valence-electron chi connectivity index (χ0n) is 34.3. The molecule has 0 aromatic carbocycles. The monoisotopic (exact) mass is 805 g/mol. The molecular weight excluding hydrogens is 727 g/mol. The minimum Gasteiger partial charge on any atom is -0.462 e. The molecule has 0 aliphatic carbocycles. The van der Waals surface area contributed by atoms with Crippen molar-refractivity contribution in [1.82, 2.24) is 0 Å². The average Bonchev–Trinajstić information content (AvgIpc) is 3.11. The minimum atomic E-state index is -4.83. The second-order valence-corrected chi connectivity index (χ2v) is 16.9. The fourth-order valence-electron chi connectivity index (χ4n) is 6.66. The first-order valence-corrected chi connectivity index (χ1v) is 22.9. The molecule has 0 amide bonds. The molecule has 0 radical (unpaired) electrons. The number of unbranched alkanes of at least 4 members (excludes halogenated alkanes) is 15. The summed E-state index contributed by atoms with van der Waals surface area (Å²) in [4.78, 5) is 43.1. The first-order chi connectivity index (χ1) is 26.3. The van der Waals surface area contributed by atoms with Crippen LogP contribution in [0.4, 0.5) is 0 Å². The van der Waals surface area contributed by atoms with Crippen molar-refractivity contribution in [1.29, 1.82) is 0 Å². The maximum atomic E-state index is 12.5. The molecule has 0 spiro atoms. The molecule has 322 valence electrons. The van der Waals surface area contributed by atoms with Gasteiger partial charge in [0.2, 0.25) is 0 Å². The van der Waals surface area contributed by atoms with Crippen molar-refractivity contribution in [2.24, 2.45) is 11.8 Å². The zero-order valence-corrected chi connectivity index (χ0v) is 35.2. The van der Waals surface area contributed by atoms with Crippen molar-refractivity contribution < 1.29 is 58.0 Å². The maximum Gasteiger partial charge on any atom is 0.469 e. The summed E-state index contributed by atoms with van der Waals surface area (Å²) in [7, 11) is -4.83. The van der Waals surface area contributed by atoms with Crippen LogP contribution in [0.15, 0.2) is 24.3 Å². The molecule has 5 N–H and O–H groups in total. The van der Waals surface area contributed by atoms with Crippen molar-refractivity contribution in [3.63, 3.8) is 0 Å². The Morgan fingerprint density at radius 1 is 0.782 bits per heavy atom. The van der Waals surface area contributed by atoms with Crippen LogP contribution in [0.25, 0.3) is 0 Å². The van der Waals surface area contributed by atoms with Gasteiger partial charge in [0, 0.05) is 25.2 Å². The van der Waals surface area contributed by atoms with E-state index in [0.717, 1.165) is 44.4 Å². The van der Waals surface area contributed by atoms with Gasteiger partial charge in [-0.25, -0.2) is 4.57 Å². The van der Waals surface area contributed by atoms with E-state index in [-0.39, 0.29) is 31.8 Å². The van der Waals surface area contributed by atoms with Gasteiger partial charge in [-0.15, -0.1) is 0 Å². The standard InChI is InChI=1S/C42H77O12P/c1-4-5-19-25-35(43)29-30-39-37(38(44)31-42(47)54-39)26-21-17-18-23-28-41(46)53-36(33-52-55(48,49)50)32-51-40(45)27-22-16-14-12-10-8-6-7-9-11-13-15-20-24-34(2)3/h17,21,29-30,34-39,42-44,47H,4-16,18-20,22-28,31-33H2,1-3H3,(H2,48,49,50)/b21-17-,30-29+/t35-,36+,37-,38-,39+,42?/m0/s1. The van der Waals surface area contributed by atoms with Crippen LogP contribution >= 0.6 is 7.82 Å². The first kappa shape index (κ1) is 51.4. The van der Waals surface area contributed by atoms with Gasteiger partial charge in [-0.05, 0) is 38.0 Å². The lowest BCUT2D eigenvalue weighted by atomic mass is 9.87. The molecule has 0 aromatic heterocycles. The zero-order chi connectivity index (χ0) is 40.7. The van der Waals surface area contributed by atoms with Gasteiger partial charge in [0.25, 0.3) is 0 Å². The van der Waals surface area contributed by atoms with E-state index in [1.54, 1.807) is 12.2 Å². The number of ether oxygens (including phenoxy) is 3. The summed E-state index contributed by atoms with van der Waals surface area (Å²) >= 11 is 0. The third kappa shape index (κ3) is 30.2. The summed E-state index contributed by atoms with van der Waals surface area (Å²) in [6.45, 7) is 5.68. The van der Waals surface area contributed by atoms with Crippen molar-refractivity contribution in [3.8, 4) is 0 Å². The number of hydrogen-bond donors (Lipinski definition) is 5. The van der Waals surface area contributed by atoms with E-state index in [0.29, 0.717) is 32.1 Å². The molecule has 0 saturated carbocycles. The summed E-state index contributed by atoms with van der Waals surface area (Å²) in [5, 5.41) is 30.8. The number of aliphatic hydroxyl groups is 3. The van der Waals surface area contributed by atoms with E-state index in [4.69, 9.17) is 24.0 Å². The molecule has 1 saturated heterocycles. The molecule has 0 bridgehead atoms. The molecule has 1 aliphatic rings. The van der Waals surface area contributed by atoms with Gasteiger partial charge >= 0.3 is 19.8 Å². The van der Waals surface area contributed by atoms with Gasteiger partial charge in [0.15, 0.2) is 12.4 Å². The summed E-state index contributed by atoms with van der Waals surface area (Å²) in [6.07, 6.45) is 25.2. The highest BCUT2D eigenvalue weighted by molar-refractivity contribution is 7.46. The SMILES string of the molecule is CCCCC[C@H](O)/C=C/[C@H]1OC(O)C[C@H](O)[C@@H]1C/C=C\CCCC(=O)O[C@H](COC(=O)CCCCCCCCCCCCCCCC(C)C)COP(=O)(O)O. The second kappa shape index (κ2) is 32.3. The van der Waals surface area contributed by atoms with Crippen LogP contribution < -0.4 is 0 Å². The van der Waals surface area contributed by atoms with Gasteiger partial charge in [0.1, 0.15) is 6.61 Å². The number of rotatable bonds is 34. The summed E-state index contributed by atoms with van der Waals surface area (Å²) in [5.74, 6) is -0.585. The normalized spacial score (nSPS) is 20.4. The van der Waals surface area contributed by atoms with E-state index in [1.807, 2.05) is 12.2 Å². The van der Waals surface area contributed by atoms with Crippen LogP contribution in [0, 0.1) is 11.8 Å². The van der Waals surface area contributed by atoms with E-state index >= 15 is 0 Å². The minimum absolute atomic E-state index is 0.0197. The largest absolute Gasteiger partial charge is 0.469 e. The van der Waals surface area contributed by atoms with Crippen molar-refractivity contribution in [2.45, 2.75) is 206 Å². The molecule has 6 atom stereocenters. The number of phosphoric ester groups is 1. The lowest BCUT2D eigenvalue weighted by molar-refractivity contribution is -0.199. The fourth-order valence-corrected chi connectivity index (χ4v) is 7.02. The third-order valence-electron chi connectivity index (χ3n) is 9.95. The highest BCUT2D eigenvalue weighted by Gasteiger charge is 2.35. The van der Waals surface area contributed by atoms with Gasteiger partial charge < -0.3 is 39.3 Å². The Morgan fingerprint density at radius 2 is 1.36 bits per heavy atom. The van der Waals surface area contributed by atoms with Crippen LogP contribution in [0.5, 0.6) is 0 Å². The average molecular weight is 805 g/mol. The first-order valence-electron chi connectivity index (χ1n) is 21.4. The Balaban J connectivity index is 2.31. The number of phosphoric acid groups is 1. The van der Waals surface area contributed by atoms with Gasteiger partial charge in [0.05, 0.1) is 24.9 Å². The smallest absolute Gasteiger partial charge is 0.462 e. The van der Waals surface area contributed by atoms with Crippen LogP contribution in [-0.2, 0) is 32.9 Å². The van der Waals surface area contributed by atoms with E-state index in [2.05, 4.69) is 25.3 Å². The Kier molecular flexibility index (Phi) is 30.2. The van der Waals surface area contributed by atoms with Crippen LogP contribution in [-0.4, -0.2) is 81.0 Å². The van der Waals surface area contributed by atoms with E-state index in [9.17, 15) is 29.5 Å². The van der Waals surface area contributed by atoms with Crippen LogP contribution in [0.3, 0.4) is 0 Å². The van der Waals surface area contributed by atoms with Crippen LogP contribution in [0.1, 0.15) is 175 Å². The summed E-state index contributed by atoms with van der Waals surface area (Å²) in [5.41, 5.74) is 0. The van der Waals surface area contributed by atoms with E-state index < -0.39 is 57.1 Å². The second-order valence-electron chi connectivity index (χ2n) is 15.7. The van der Waals surface area contributed by atoms with Gasteiger partial charge in [-0.1, -0.05) is 148 Å². The number of hydrogen-bond acceptors (Lipinski definition) is 10. The predicted octanol–water partition coefficient (Wildman–Crippen LogP) is 8.76. The number of aliphatic hydroxyl groups excluding tert-OH is 3. The molecule has 13 heteroatoms. The lowest BCUT2D eigenvalue weighted by Gasteiger charge is -2.36. The lowest BCUT2D eigenvalue weighted by Crippen LogP contribution is -2.43. The Labute approximate surface area is 332 Å². The Hall–Kier alpha value is -1.63. The number of allylic oxidation sites excluding steroid dienone is 2. The molecule has 1 rings (SSSR count). The predicted molar refractivity (Wildman–Crippen MR) is 215 cm³/mol. The number of esters is 2. The molecule has 1 heterocycles. The summed E-state index contributed by atoms with van der Waals surface area (Å²) < 4.78 is 32.0. The van der Waals surface area contributed by atoms with Crippen molar-refractivity contribution in [2.75, 3.05) is 13.2 Å². The topological polar surface area (TPSA) is 189 Å². The van der Waals surface area contributed by atoms with Crippen molar-refractivity contribution in [3.05, 3.63) is 24.3 Å². The highest BCUT2D eigenvalue weighted by atomic mass is 31.2. The molecule has 1 unspecified atom stereocenters. The quantitative estimate of drug-likeness (QED) is 0.0180. The van der Waals surface area contributed by atoms with E-state index in [1.165, 1.54) is 64.2 Å². The molecule has 1 aliphatic heterocycles. The summed E-state index contributed by atoms with van der Waals surface area (Å²) in [6, 6.07) is 0. The highest BCUT2D eigenvalue weighted by Crippen LogP contribution is 2.36. The van der Waals surface area contributed by atoms with Crippen molar-refractivity contribution >= 4 is 19.8 Å². The van der Waals surface area contributed by atoms with Crippen LogP contribution in [0.2, 0.25) is 0 Å². The molecule has 0 aromatic rings. The van der Waals surface area contributed by atoms with Gasteiger partial charge in [-0.3, -0.25) is 14.1 Å². The van der Waals surface area contributed by atoms with Gasteiger partial charge in [-0.2, -0.15) is 0 Å². The fraction of sp³-hybridized carbons (Fsp3) is 0.857. The Morgan fingerprint density at radius 3 is 1.96 bits per heavy atom. The molecule has 12 nitrogen and oxygen atoms in total. The molecule has 55 heavy (non-hydrogen) atoms. The Bertz CT molecular complexity index is 1080. The number of carbonyl (C=O) groups is 2. The maximum absolute atomic E-state index is 12.5. The number of carbonyl (C=O) groups excluding carboxylic acids is 2. The molecule has 1 fully saturated rings. The third-order valence-corrected chi connectivity index (χ3v) is 10.4. The molecular formula is C42H77O12P.